The highest BCUT2D eigenvalue weighted by molar-refractivity contribution is 5.80. The Morgan fingerprint density at radius 1 is 1.29 bits per heavy atom. The number of benzene rings is 1. The Hall–Kier alpha value is -1.55. The van der Waals surface area contributed by atoms with Gasteiger partial charge in [0.1, 0.15) is 5.78 Å². The maximum Gasteiger partial charge on any atom is 0.137 e. The predicted molar refractivity (Wildman–Crippen MR) is 57.8 cm³/mol. The molecular weight excluding hydrogens is 172 g/mol. The van der Waals surface area contributed by atoms with E-state index in [1.54, 1.807) is 0 Å². The molecule has 0 saturated heterocycles. The van der Waals surface area contributed by atoms with E-state index in [1.165, 1.54) is 0 Å². The van der Waals surface area contributed by atoms with Gasteiger partial charge in [0.2, 0.25) is 0 Å². The number of Topliss-reactive ketones (excluding diaryl/α,β-unsaturated/α-hetero) is 1. The van der Waals surface area contributed by atoms with Crippen LogP contribution >= 0.6 is 0 Å². The van der Waals surface area contributed by atoms with Gasteiger partial charge in [-0.3, -0.25) is 4.79 Å². The highest BCUT2D eigenvalue weighted by Crippen LogP contribution is 2.04. The number of terminal acetylenes is 1. The van der Waals surface area contributed by atoms with Crippen LogP contribution in [0.1, 0.15) is 24.8 Å². The lowest BCUT2D eigenvalue weighted by molar-refractivity contribution is -0.118. The first-order valence-electron chi connectivity index (χ1n) is 4.82. The molecule has 0 aliphatic carbocycles. The van der Waals surface area contributed by atoms with Crippen LogP contribution in [0.15, 0.2) is 30.3 Å². The van der Waals surface area contributed by atoms with Crippen LogP contribution in [0.4, 0.5) is 0 Å². The van der Waals surface area contributed by atoms with E-state index in [0.29, 0.717) is 19.3 Å². The summed E-state index contributed by atoms with van der Waals surface area (Å²) in [6.07, 6.45) is 7.74. The predicted octanol–water partition coefficient (Wildman–Crippen LogP) is 2.60. The zero-order chi connectivity index (χ0) is 10.2. The van der Waals surface area contributed by atoms with Gasteiger partial charge in [0.25, 0.3) is 0 Å². The number of rotatable bonds is 5. The lowest BCUT2D eigenvalue weighted by atomic mass is 10.1. The van der Waals surface area contributed by atoms with E-state index >= 15 is 0 Å². The Morgan fingerprint density at radius 3 is 2.64 bits per heavy atom. The standard InChI is InChI=1S/C13H14O/c1-2-3-5-10-13(14)11-12-8-6-4-7-9-12/h1,4,6-9H,3,5,10-11H2. The second-order valence-electron chi connectivity index (χ2n) is 3.26. The topological polar surface area (TPSA) is 17.1 Å². The molecule has 1 aromatic rings. The van der Waals surface area contributed by atoms with Gasteiger partial charge >= 0.3 is 0 Å². The molecule has 0 saturated carbocycles. The molecule has 72 valence electrons. The van der Waals surface area contributed by atoms with E-state index in [1.807, 2.05) is 30.3 Å². The fourth-order valence-electron chi connectivity index (χ4n) is 1.30. The maximum absolute atomic E-state index is 11.4. The number of hydrogen-bond donors (Lipinski definition) is 0. The maximum atomic E-state index is 11.4. The lowest BCUT2D eigenvalue weighted by Gasteiger charge is -1.99. The summed E-state index contributed by atoms with van der Waals surface area (Å²) in [6.45, 7) is 0. The van der Waals surface area contributed by atoms with Crippen molar-refractivity contribution in [3.63, 3.8) is 0 Å². The Balaban J connectivity index is 2.32. The SMILES string of the molecule is C#CCCCC(=O)Cc1ccccc1. The van der Waals surface area contributed by atoms with Gasteiger partial charge in [0, 0.05) is 19.3 Å². The molecule has 1 nitrogen and oxygen atoms in total. The Labute approximate surface area is 85.1 Å². The number of ketones is 1. The normalized spacial score (nSPS) is 9.36. The lowest BCUT2D eigenvalue weighted by Crippen LogP contribution is -2.01. The van der Waals surface area contributed by atoms with Gasteiger partial charge in [0.15, 0.2) is 0 Å². The molecule has 1 heteroatoms. The van der Waals surface area contributed by atoms with Crippen molar-refractivity contribution in [1.29, 1.82) is 0 Å². The van der Waals surface area contributed by atoms with Gasteiger partial charge < -0.3 is 0 Å². The van der Waals surface area contributed by atoms with Gasteiger partial charge in [0.05, 0.1) is 0 Å². The van der Waals surface area contributed by atoms with E-state index in [-0.39, 0.29) is 5.78 Å². The molecule has 1 aromatic carbocycles. The van der Waals surface area contributed by atoms with E-state index in [2.05, 4.69) is 5.92 Å². The molecule has 0 amide bonds. The van der Waals surface area contributed by atoms with Gasteiger partial charge in [-0.15, -0.1) is 12.3 Å². The van der Waals surface area contributed by atoms with Crippen molar-refractivity contribution in [2.24, 2.45) is 0 Å². The Kier molecular flexibility index (Phi) is 4.50. The highest BCUT2D eigenvalue weighted by atomic mass is 16.1. The largest absolute Gasteiger partial charge is 0.299 e. The first kappa shape index (κ1) is 10.5. The van der Waals surface area contributed by atoms with E-state index in [0.717, 1.165) is 12.0 Å². The summed E-state index contributed by atoms with van der Waals surface area (Å²) < 4.78 is 0. The van der Waals surface area contributed by atoms with Crippen molar-refractivity contribution in [3.8, 4) is 12.3 Å². The molecule has 0 aliphatic heterocycles. The monoisotopic (exact) mass is 186 g/mol. The summed E-state index contributed by atoms with van der Waals surface area (Å²) in [5.41, 5.74) is 1.08. The molecular formula is C13H14O. The number of carbonyl (C=O) groups is 1. The average molecular weight is 186 g/mol. The van der Waals surface area contributed by atoms with E-state index in [9.17, 15) is 4.79 Å². The van der Waals surface area contributed by atoms with Gasteiger partial charge in [-0.2, -0.15) is 0 Å². The summed E-state index contributed by atoms with van der Waals surface area (Å²) in [7, 11) is 0. The van der Waals surface area contributed by atoms with Crippen LogP contribution in [0, 0.1) is 12.3 Å². The molecule has 0 spiro atoms. The first-order chi connectivity index (χ1) is 6.83. The molecule has 14 heavy (non-hydrogen) atoms. The van der Waals surface area contributed by atoms with Crippen molar-refractivity contribution < 1.29 is 4.79 Å². The van der Waals surface area contributed by atoms with Crippen molar-refractivity contribution in [3.05, 3.63) is 35.9 Å². The molecule has 1 rings (SSSR count). The number of unbranched alkanes of at least 4 members (excludes halogenated alkanes) is 1. The Bertz CT molecular complexity index is 319. The zero-order valence-electron chi connectivity index (χ0n) is 8.20. The molecule has 0 radical (unpaired) electrons. The smallest absolute Gasteiger partial charge is 0.137 e. The fourth-order valence-corrected chi connectivity index (χ4v) is 1.30. The third-order valence-corrected chi connectivity index (χ3v) is 2.02. The van der Waals surface area contributed by atoms with E-state index < -0.39 is 0 Å². The Morgan fingerprint density at radius 2 is 2.00 bits per heavy atom. The average Bonchev–Trinajstić information content (AvgIpc) is 2.20. The van der Waals surface area contributed by atoms with Crippen LogP contribution in [0.2, 0.25) is 0 Å². The summed E-state index contributed by atoms with van der Waals surface area (Å²) in [5.74, 6) is 2.80. The third kappa shape index (κ3) is 3.91. The van der Waals surface area contributed by atoms with Crippen LogP contribution in [0.25, 0.3) is 0 Å². The first-order valence-corrected chi connectivity index (χ1v) is 4.82. The molecule has 0 atom stereocenters. The third-order valence-electron chi connectivity index (χ3n) is 2.02. The minimum absolute atomic E-state index is 0.270. The van der Waals surface area contributed by atoms with Crippen LogP contribution in [0.3, 0.4) is 0 Å². The summed E-state index contributed by atoms with van der Waals surface area (Å²) in [6, 6.07) is 9.79. The number of carbonyl (C=O) groups excluding carboxylic acids is 1. The molecule has 0 heterocycles. The minimum atomic E-state index is 0.270. The van der Waals surface area contributed by atoms with Gasteiger partial charge in [-0.25, -0.2) is 0 Å². The quantitative estimate of drug-likeness (QED) is 0.510. The van der Waals surface area contributed by atoms with Gasteiger partial charge in [-0.05, 0) is 12.0 Å². The van der Waals surface area contributed by atoms with Crippen LogP contribution in [-0.2, 0) is 11.2 Å². The summed E-state index contributed by atoms with van der Waals surface area (Å²) in [4.78, 5) is 11.4. The molecule has 0 aliphatic rings. The molecule has 0 N–H and O–H groups in total. The second kappa shape index (κ2) is 5.99. The van der Waals surface area contributed by atoms with Gasteiger partial charge in [-0.1, -0.05) is 30.3 Å². The summed E-state index contributed by atoms with van der Waals surface area (Å²) >= 11 is 0. The highest BCUT2D eigenvalue weighted by Gasteiger charge is 2.01. The summed E-state index contributed by atoms with van der Waals surface area (Å²) in [5, 5.41) is 0. The zero-order valence-corrected chi connectivity index (χ0v) is 8.20. The minimum Gasteiger partial charge on any atom is -0.299 e. The van der Waals surface area contributed by atoms with Crippen molar-refractivity contribution in [2.75, 3.05) is 0 Å². The van der Waals surface area contributed by atoms with Crippen LogP contribution in [0.5, 0.6) is 0 Å². The fraction of sp³-hybridized carbons (Fsp3) is 0.308. The number of hydrogen-bond acceptors (Lipinski definition) is 1. The van der Waals surface area contributed by atoms with Crippen molar-refractivity contribution in [2.45, 2.75) is 25.7 Å². The van der Waals surface area contributed by atoms with Crippen molar-refractivity contribution in [1.82, 2.24) is 0 Å². The van der Waals surface area contributed by atoms with Crippen molar-refractivity contribution >= 4 is 5.78 Å². The second-order valence-corrected chi connectivity index (χ2v) is 3.26. The van der Waals surface area contributed by atoms with Crippen LogP contribution in [-0.4, -0.2) is 5.78 Å². The molecule has 0 unspecified atom stereocenters. The molecule has 0 bridgehead atoms. The van der Waals surface area contributed by atoms with E-state index in [4.69, 9.17) is 6.42 Å². The molecule has 0 aromatic heterocycles. The van der Waals surface area contributed by atoms with Crippen LogP contribution < -0.4 is 0 Å². The molecule has 0 fully saturated rings.